The van der Waals surface area contributed by atoms with E-state index in [1.807, 2.05) is 25.6 Å². The standard InChI is InChI=1S/C14H28N2O2S2/c1-12(2)11-20(17,18)16-7-5-13(6-8-16)15-14-4-3-9-19-10-14/h12-15H,3-11H2,1-2H3/t14-/m0/s1. The second-order valence-corrected chi connectivity index (χ2v) is 9.59. The first-order chi connectivity index (χ1) is 9.47. The summed E-state index contributed by atoms with van der Waals surface area (Å²) in [4.78, 5) is 0. The van der Waals surface area contributed by atoms with E-state index in [9.17, 15) is 8.42 Å². The van der Waals surface area contributed by atoms with E-state index in [-0.39, 0.29) is 11.7 Å². The average molecular weight is 321 g/mol. The van der Waals surface area contributed by atoms with Gasteiger partial charge in [0, 0.05) is 30.9 Å². The number of nitrogens with zero attached hydrogens (tertiary/aromatic N) is 1. The summed E-state index contributed by atoms with van der Waals surface area (Å²) in [6.45, 7) is 5.30. The van der Waals surface area contributed by atoms with Gasteiger partial charge in [0.15, 0.2) is 0 Å². The quantitative estimate of drug-likeness (QED) is 0.841. The molecular weight excluding hydrogens is 292 g/mol. The minimum Gasteiger partial charge on any atom is -0.310 e. The molecule has 2 heterocycles. The SMILES string of the molecule is CC(C)CS(=O)(=O)N1CCC(N[C@H]2CCCSC2)CC1. The highest BCUT2D eigenvalue weighted by Crippen LogP contribution is 2.21. The van der Waals surface area contributed by atoms with Crippen molar-refractivity contribution < 1.29 is 8.42 Å². The van der Waals surface area contributed by atoms with Crippen LogP contribution in [0.2, 0.25) is 0 Å². The molecule has 0 amide bonds. The molecule has 0 aliphatic carbocycles. The highest BCUT2D eigenvalue weighted by atomic mass is 32.2. The molecule has 2 aliphatic heterocycles. The van der Waals surface area contributed by atoms with Crippen LogP contribution in [0.1, 0.15) is 39.5 Å². The Morgan fingerprint density at radius 1 is 1.20 bits per heavy atom. The van der Waals surface area contributed by atoms with Crippen LogP contribution in [0.4, 0.5) is 0 Å². The summed E-state index contributed by atoms with van der Waals surface area (Å²) in [6, 6.07) is 1.14. The van der Waals surface area contributed by atoms with Gasteiger partial charge in [0.05, 0.1) is 5.75 Å². The summed E-state index contributed by atoms with van der Waals surface area (Å²) in [7, 11) is -3.04. The van der Waals surface area contributed by atoms with Crippen molar-refractivity contribution in [3.8, 4) is 0 Å². The van der Waals surface area contributed by atoms with Crippen LogP contribution in [0.15, 0.2) is 0 Å². The molecule has 0 aromatic carbocycles. The van der Waals surface area contributed by atoms with Crippen LogP contribution in [0.3, 0.4) is 0 Å². The number of hydrogen-bond donors (Lipinski definition) is 1. The van der Waals surface area contributed by atoms with Gasteiger partial charge in [-0.15, -0.1) is 0 Å². The fourth-order valence-electron chi connectivity index (χ4n) is 3.03. The molecule has 2 fully saturated rings. The van der Waals surface area contributed by atoms with Crippen LogP contribution < -0.4 is 5.32 Å². The van der Waals surface area contributed by atoms with Crippen molar-refractivity contribution in [2.24, 2.45) is 5.92 Å². The topological polar surface area (TPSA) is 49.4 Å². The number of rotatable bonds is 5. The van der Waals surface area contributed by atoms with Crippen LogP contribution in [-0.2, 0) is 10.0 Å². The predicted octanol–water partition coefficient (Wildman–Crippen LogP) is 1.92. The van der Waals surface area contributed by atoms with Crippen molar-refractivity contribution in [3.63, 3.8) is 0 Å². The van der Waals surface area contributed by atoms with E-state index in [0.717, 1.165) is 12.8 Å². The van der Waals surface area contributed by atoms with Crippen molar-refractivity contribution in [3.05, 3.63) is 0 Å². The Bertz CT molecular complexity index is 384. The molecule has 4 nitrogen and oxygen atoms in total. The molecular formula is C14H28N2O2S2. The van der Waals surface area contributed by atoms with Gasteiger partial charge < -0.3 is 5.32 Å². The highest BCUT2D eigenvalue weighted by Gasteiger charge is 2.29. The highest BCUT2D eigenvalue weighted by molar-refractivity contribution is 7.99. The van der Waals surface area contributed by atoms with Crippen molar-refractivity contribution in [2.75, 3.05) is 30.3 Å². The third kappa shape index (κ3) is 4.90. The van der Waals surface area contributed by atoms with Crippen LogP contribution in [0.25, 0.3) is 0 Å². The first kappa shape index (κ1) is 16.6. The first-order valence-corrected chi connectivity index (χ1v) is 10.6. The van der Waals surface area contributed by atoms with Crippen LogP contribution in [0.5, 0.6) is 0 Å². The first-order valence-electron chi connectivity index (χ1n) is 7.79. The summed E-state index contributed by atoms with van der Waals surface area (Å²) >= 11 is 2.03. The third-order valence-electron chi connectivity index (χ3n) is 4.02. The van der Waals surface area contributed by atoms with E-state index in [4.69, 9.17) is 0 Å². The van der Waals surface area contributed by atoms with Crippen LogP contribution >= 0.6 is 11.8 Å². The van der Waals surface area contributed by atoms with E-state index >= 15 is 0 Å². The van der Waals surface area contributed by atoms with Crippen molar-refractivity contribution >= 4 is 21.8 Å². The number of piperidine rings is 1. The molecule has 2 rings (SSSR count). The molecule has 0 spiro atoms. The van der Waals surface area contributed by atoms with Crippen LogP contribution in [-0.4, -0.2) is 55.2 Å². The molecule has 0 bridgehead atoms. The summed E-state index contributed by atoms with van der Waals surface area (Å²) < 4.78 is 26.1. The zero-order valence-electron chi connectivity index (χ0n) is 12.7. The lowest BCUT2D eigenvalue weighted by Crippen LogP contribution is -2.49. The Hall–Kier alpha value is 0.220. The predicted molar refractivity (Wildman–Crippen MR) is 86.7 cm³/mol. The summed E-state index contributed by atoms with van der Waals surface area (Å²) in [5, 5.41) is 3.73. The monoisotopic (exact) mass is 320 g/mol. The summed E-state index contributed by atoms with van der Waals surface area (Å²) in [6.07, 6.45) is 4.50. The Labute approximate surface area is 128 Å². The van der Waals surface area contributed by atoms with Gasteiger partial charge in [0.1, 0.15) is 0 Å². The third-order valence-corrected chi connectivity index (χ3v) is 7.48. The molecule has 0 unspecified atom stereocenters. The maximum Gasteiger partial charge on any atom is 0.214 e. The van der Waals surface area contributed by atoms with Gasteiger partial charge in [-0.05, 0) is 37.4 Å². The molecule has 0 saturated carbocycles. The maximum atomic E-state index is 12.2. The molecule has 20 heavy (non-hydrogen) atoms. The molecule has 0 radical (unpaired) electrons. The normalized spacial score (nSPS) is 27.1. The smallest absolute Gasteiger partial charge is 0.214 e. The minimum atomic E-state index is -3.04. The molecule has 0 aromatic heterocycles. The lowest BCUT2D eigenvalue weighted by atomic mass is 10.0. The molecule has 6 heteroatoms. The molecule has 1 N–H and O–H groups in total. The summed E-state index contributed by atoms with van der Waals surface area (Å²) in [5.41, 5.74) is 0. The van der Waals surface area contributed by atoms with E-state index in [1.165, 1.54) is 24.3 Å². The van der Waals surface area contributed by atoms with Crippen LogP contribution in [0, 0.1) is 5.92 Å². The van der Waals surface area contributed by atoms with Gasteiger partial charge in [-0.25, -0.2) is 12.7 Å². The zero-order chi connectivity index (χ0) is 14.6. The van der Waals surface area contributed by atoms with Gasteiger partial charge >= 0.3 is 0 Å². The van der Waals surface area contributed by atoms with Crippen molar-refractivity contribution in [1.82, 2.24) is 9.62 Å². The number of sulfonamides is 1. The molecule has 1 atom stereocenters. The summed E-state index contributed by atoms with van der Waals surface area (Å²) in [5.74, 6) is 3.00. The lowest BCUT2D eigenvalue weighted by Gasteiger charge is -2.35. The largest absolute Gasteiger partial charge is 0.310 e. The second kappa shape index (κ2) is 7.47. The Morgan fingerprint density at radius 3 is 2.45 bits per heavy atom. The fraction of sp³-hybridized carbons (Fsp3) is 1.00. The van der Waals surface area contributed by atoms with Crippen molar-refractivity contribution in [1.29, 1.82) is 0 Å². The number of nitrogens with one attached hydrogen (secondary N) is 1. The molecule has 2 saturated heterocycles. The van der Waals surface area contributed by atoms with E-state index in [1.54, 1.807) is 4.31 Å². The van der Waals surface area contributed by atoms with E-state index in [0.29, 0.717) is 25.2 Å². The van der Waals surface area contributed by atoms with Gasteiger partial charge in [-0.3, -0.25) is 0 Å². The lowest BCUT2D eigenvalue weighted by molar-refractivity contribution is 0.272. The number of thioether (sulfide) groups is 1. The van der Waals surface area contributed by atoms with Gasteiger partial charge in [0.2, 0.25) is 10.0 Å². The van der Waals surface area contributed by atoms with Gasteiger partial charge in [-0.1, -0.05) is 13.8 Å². The van der Waals surface area contributed by atoms with E-state index < -0.39 is 10.0 Å². The van der Waals surface area contributed by atoms with E-state index in [2.05, 4.69) is 5.32 Å². The Balaban J connectivity index is 1.77. The van der Waals surface area contributed by atoms with Gasteiger partial charge in [0.25, 0.3) is 0 Å². The Morgan fingerprint density at radius 2 is 1.90 bits per heavy atom. The minimum absolute atomic E-state index is 0.204. The maximum absolute atomic E-state index is 12.2. The molecule has 118 valence electrons. The fourth-order valence-corrected chi connectivity index (χ4v) is 5.94. The number of hydrogen-bond acceptors (Lipinski definition) is 4. The Kier molecular flexibility index (Phi) is 6.20. The van der Waals surface area contributed by atoms with Crippen molar-refractivity contribution in [2.45, 2.75) is 51.6 Å². The molecule has 2 aliphatic rings. The average Bonchev–Trinajstić information content (AvgIpc) is 2.39. The second-order valence-electron chi connectivity index (χ2n) is 6.43. The zero-order valence-corrected chi connectivity index (χ0v) is 14.3. The molecule has 0 aromatic rings. The van der Waals surface area contributed by atoms with Gasteiger partial charge in [-0.2, -0.15) is 11.8 Å².